The van der Waals surface area contributed by atoms with Crippen molar-refractivity contribution in [3.8, 4) is 0 Å². The highest BCUT2D eigenvalue weighted by atomic mass is 32.2. The summed E-state index contributed by atoms with van der Waals surface area (Å²) in [6.45, 7) is 2.41. The maximum absolute atomic E-state index is 11.9. The van der Waals surface area contributed by atoms with Crippen LogP contribution in [0.1, 0.15) is 42.4 Å². The van der Waals surface area contributed by atoms with Gasteiger partial charge in [0.1, 0.15) is 0 Å². The summed E-state index contributed by atoms with van der Waals surface area (Å²) in [6, 6.07) is 16.8. The van der Waals surface area contributed by atoms with Gasteiger partial charge in [0.25, 0.3) is 0 Å². The first kappa shape index (κ1) is 24.2. The number of anilines is 1. The zero-order valence-corrected chi connectivity index (χ0v) is 19.7. The Kier molecular flexibility index (Phi) is 8.48. The number of aromatic nitrogens is 2. The van der Waals surface area contributed by atoms with Crippen LogP contribution >= 0.6 is 11.8 Å². The lowest BCUT2D eigenvalue weighted by molar-refractivity contribution is -0.245. The molecule has 3 aromatic rings. The topological polar surface area (TPSA) is 106 Å². The summed E-state index contributed by atoms with van der Waals surface area (Å²) in [7, 11) is 0. The molecule has 3 N–H and O–H groups in total. The Bertz CT molecular complexity index is 1070. The van der Waals surface area contributed by atoms with E-state index in [0.717, 1.165) is 16.7 Å². The fourth-order valence-electron chi connectivity index (χ4n) is 3.65. The number of amides is 2. The number of urea groups is 1. The molecule has 0 aliphatic carbocycles. The van der Waals surface area contributed by atoms with E-state index in [4.69, 9.17) is 9.47 Å². The molecule has 1 fully saturated rings. The minimum absolute atomic E-state index is 0.000713. The standard InChI is InChI=1S/C25H28N4O4S/c1-2-26-24(31)29-20-6-3-5-19(13-20)23-32-21(16-34-25-27-11-4-12-28-25)14-22(33-23)18-9-7-17(15-30)8-10-18/h3-13,21-23,30H,2,14-16H2,1H3,(H2,26,29,31)/t21-,22+,23+/m1/s1. The van der Waals surface area contributed by atoms with Crippen LogP contribution in [0.25, 0.3) is 0 Å². The van der Waals surface area contributed by atoms with Gasteiger partial charge in [0.2, 0.25) is 0 Å². The van der Waals surface area contributed by atoms with Gasteiger partial charge < -0.3 is 25.2 Å². The number of hydrogen-bond donors (Lipinski definition) is 3. The summed E-state index contributed by atoms with van der Waals surface area (Å²) in [5.41, 5.74) is 3.35. The van der Waals surface area contributed by atoms with Crippen LogP contribution in [0.2, 0.25) is 0 Å². The van der Waals surface area contributed by atoms with Crippen molar-refractivity contribution in [2.24, 2.45) is 0 Å². The normalized spacial score (nSPS) is 20.0. The van der Waals surface area contributed by atoms with Gasteiger partial charge in [-0.25, -0.2) is 14.8 Å². The Morgan fingerprint density at radius 2 is 1.88 bits per heavy atom. The summed E-state index contributed by atoms with van der Waals surface area (Å²) in [4.78, 5) is 20.5. The molecule has 0 saturated carbocycles. The number of thioether (sulfide) groups is 1. The number of carbonyl (C=O) groups excluding carboxylic acids is 1. The van der Waals surface area contributed by atoms with Crippen molar-refractivity contribution in [3.63, 3.8) is 0 Å². The van der Waals surface area contributed by atoms with E-state index in [2.05, 4.69) is 20.6 Å². The lowest BCUT2D eigenvalue weighted by Gasteiger charge is -2.36. The van der Waals surface area contributed by atoms with Gasteiger partial charge in [-0.1, -0.05) is 48.2 Å². The van der Waals surface area contributed by atoms with Crippen molar-refractivity contribution in [1.29, 1.82) is 0 Å². The van der Waals surface area contributed by atoms with Crippen molar-refractivity contribution >= 4 is 23.5 Å². The highest BCUT2D eigenvalue weighted by molar-refractivity contribution is 7.99. The van der Waals surface area contributed by atoms with Crippen molar-refractivity contribution in [1.82, 2.24) is 15.3 Å². The van der Waals surface area contributed by atoms with Crippen LogP contribution in [-0.4, -0.2) is 39.5 Å². The van der Waals surface area contributed by atoms with E-state index in [1.165, 1.54) is 0 Å². The molecule has 4 rings (SSSR count). The second-order valence-corrected chi connectivity index (χ2v) is 8.79. The van der Waals surface area contributed by atoms with Gasteiger partial charge >= 0.3 is 6.03 Å². The average Bonchev–Trinajstić information content (AvgIpc) is 2.88. The highest BCUT2D eigenvalue weighted by Crippen LogP contribution is 2.39. The van der Waals surface area contributed by atoms with Crippen molar-refractivity contribution in [3.05, 3.63) is 83.7 Å². The molecule has 1 aromatic heterocycles. The minimum Gasteiger partial charge on any atom is -0.392 e. The molecule has 0 spiro atoms. The molecular weight excluding hydrogens is 452 g/mol. The van der Waals surface area contributed by atoms with Gasteiger partial charge in [0, 0.05) is 42.4 Å². The van der Waals surface area contributed by atoms with Crippen molar-refractivity contribution in [2.45, 2.75) is 43.6 Å². The summed E-state index contributed by atoms with van der Waals surface area (Å²) in [6.07, 6.45) is 3.23. The molecule has 8 nitrogen and oxygen atoms in total. The smallest absolute Gasteiger partial charge is 0.319 e. The summed E-state index contributed by atoms with van der Waals surface area (Å²) < 4.78 is 12.7. The van der Waals surface area contributed by atoms with Gasteiger partial charge in [-0.3, -0.25) is 0 Å². The number of carbonyl (C=O) groups is 1. The molecule has 0 unspecified atom stereocenters. The SMILES string of the molecule is CCNC(=O)Nc1cccc([C@H]2O[C@@H](CSc3ncccn3)C[C@@H](c3ccc(CO)cc3)O2)c1. The largest absolute Gasteiger partial charge is 0.392 e. The first-order chi connectivity index (χ1) is 16.6. The van der Waals surface area contributed by atoms with Crippen LogP contribution in [0.15, 0.2) is 72.1 Å². The molecule has 1 saturated heterocycles. The average molecular weight is 481 g/mol. The molecule has 9 heteroatoms. The molecule has 1 aliphatic rings. The molecule has 2 aromatic carbocycles. The number of nitrogens with one attached hydrogen (secondary N) is 2. The van der Waals surface area contributed by atoms with E-state index in [-0.39, 0.29) is 24.8 Å². The molecule has 2 heterocycles. The second-order valence-electron chi connectivity index (χ2n) is 7.80. The van der Waals surface area contributed by atoms with E-state index in [1.54, 1.807) is 30.2 Å². The van der Waals surface area contributed by atoms with E-state index >= 15 is 0 Å². The van der Waals surface area contributed by atoms with Crippen LogP contribution < -0.4 is 10.6 Å². The molecule has 178 valence electrons. The molecule has 0 radical (unpaired) electrons. The van der Waals surface area contributed by atoms with Crippen LogP contribution in [0, 0.1) is 0 Å². The summed E-state index contributed by atoms with van der Waals surface area (Å²) in [5.74, 6) is 0.673. The lowest BCUT2D eigenvalue weighted by atomic mass is 10.0. The summed E-state index contributed by atoms with van der Waals surface area (Å²) in [5, 5.41) is 15.6. The fraction of sp³-hybridized carbons (Fsp3) is 0.320. The number of ether oxygens (including phenoxy) is 2. The van der Waals surface area contributed by atoms with Crippen LogP contribution in [-0.2, 0) is 16.1 Å². The maximum atomic E-state index is 11.9. The molecule has 1 aliphatic heterocycles. The van der Waals surface area contributed by atoms with E-state index in [0.29, 0.717) is 29.6 Å². The second kappa shape index (κ2) is 11.9. The van der Waals surface area contributed by atoms with Gasteiger partial charge in [-0.2, -0.15) is 0 Å². The Labute approximate surface area is 203 Å². The number of rotatable bonds is 8. The quantitative estimate of drug-likeness (QED) is 0.323. The van der Waals surface area contributed by atoms with Gasteiger partial charge in [0.15, 0.2) is 11.4 Å². The molecule has 3 atom stereocenters. The first-order valence-electron chi connectivity index (χ1n) is 11.2. The Hall–Kier alpha value is -2.98. The van der Waals surface area contributed by atoms with E-state index in [9.17, 15) is 9.90 Å². The summed E-state index contributed by atoms with van der Waals surface area (Å²) >= 11 is 1.54. The Morgan fingerprint density at radius 3 is 2.62 bits per heavy atom. The maximum Gasteiger partial charge on any atom is 0.319 e. The van der Waals surface area contributed by atoms with Crippen molar-refractivity contribution in [2.75, 3.05) is 17.6 Å². The Balaban J connectivity index is 1.53. The minimum atomic E-state index is -0.602. The first-order valence-corrected chi connectivity index (χ1v) is 12.2. The van der Waals surface area contributed by atoms with E-state index < -0.39 is 6.29 Å². The number of aliphatic hydroxyl groups is 1. The molecular formula is C25H28N4O4S. The van der Waals surface area contributed by atoms with E-state index in [1.807, 2.05) is 55.5 Å². The van der Waals surface area contributed by atoms with Crippen LogP contribution in [0.4, 0.5) is 10.5 Å². The van der Waals surface area contributed by atoms with Gasteiger partial charge in [-0.15, -0.1) is 0 Å². The highest BCUT2D eigenvalue weighted by Gasteiger charge is 2.32. The lowest BCUT2D eigenvalue weighted by Crippen LogP contribution is -2.31. The molecule has 34 heavy (non-hydrogen) atoms. The van der Waals surface area contributed by atoms with Crippen molar-refractivity contribution < 1.29 is 19.4 Å². The predicted octanol–water partition coefficient (Wildman–Crippen LogP) is 4.45. The fourth-order valence-corrected chi connectivity index (χ4v) is 4.47. The number of hydrogen-bond acceptors (Lipinski definition) is 7. The third-order valence-corrected chi connectivity index (χ3v) is 6.32. The van der Waals surface area contributed by atoms with Crippen LogP contribution in [0.5, 0.6) is 0 Å². The van der Waals surface area contributed by atoms with Crippen LogP contribution in [0.3, 0.4) is 0 Å². The van der Waals surface area contributed by atoms with Gasteiger partial charge in [-0.05, 0) is 36.2 Å². The van der Waals surface area contributed by atoms with Gasteiger partial charge in [0.05, 0.1) is 18.8 Å². The molecule has 0 bridgehead atoms. The third-order valence-electron chi connectivity index (χ3n) is 5.31. The Morgan fingerprint density at radius 1 is 1.09 bits per heavy atom. The number of benzene rings is 2. The zero-order chi connectivity index (χ0) is 23.8. The number of nitrogens with zero attached hydrogens (tertiary/aromatic N) is 2. The zero-order valence-electron chi connectivity index (χ0n) is 18.9. The molecule has 2 amide bonds. The predicted molar refractivity (Wildman–Crippen MR) is 130 cm³/mol. The third kappa shape index (κ3) is 6.54. The number of aliphatic hydroxyl groups excluding tert-OH is 1. The monoisotopic (exact) mass is 480 g/mol.